The molecule has 3 heterocycles. The molecule has 0 radical (unpaired) electrons. The number of carbonyl (C=O) groups is 2. The van der Waals surface area contributed by atoms with E-state index in [-0.39, 0.29) is 23.7 Å². The van der Waals surface area contributed by atoms with Crippen LogP contribution in [-0.2, 0) is 17.9 Å². The van der Waals surface area contributed by atoms with Gasteiger partial charge in [-0.3, -0.25) is 14.3 Å². The first-order chi connectivity index (χ1) is 12.6. The highest BCUT2D eigenvalue weighted by atomic mass is 19.1. The maximum Gasteiger partial charge on any atom is 0.254 e. The number of benzene rings is 1. The Hall–Kier alpha value is -2.70. The van der Waals surface area contributed by atoms with Crippen LogP contribution in [0, 0.1) is 5.82 Å². The fourth-order valence-corrected chi connectivity index (χ4v) is 3.76. The number of halogens is 1. The molecule has 1 atom stereocenters. The maximum atomic E-state index is 13.2. The lowest BCUT2D eigenvalue weighted by Crippen LogP contribution is -2.46. The minimum absolute atomic E-state index is 0.0868. The number of amides is 2. The van der Waals surface area contributed by atoms with Crippen LogP contribution in [0.4, 0.5) is 4.39 Å². The third kappa shape index (κ3) is 3.21. The van der Waals surface area contributed by atoms with Gasteiger partial charge in [-0.2, -0.15) is 5.10 Å². The van der Waals surface area contributed by atoms with Crippen LogP contribution in [0.1, 0.15) is 35.3 Å². The highest BCUT2D eigenvalue weighted by molar-refractivity contribution is 5.94. The second kappa shape index (κ2) is 6.90. The van der Waals surface area contributed by atoms with Crippen molar-refractivity contribution >= 4 is 11.8 Å². The number of nitrogens with zero attached hydrogens (tertiary/aromatic N) is 4. The number of likely N-dealkylation sites (tertiary alicyclic amines) is 1. The van der Waals surface area contributed by atoms with Gasteiger partial charge in [-0.05, 0) is 43.2 Å². The predicted octanol–water partition coefficient (Wildman–Crippen LogP) is 2.06. The Kier molecular flexibility index (Phi) is 4.44. The molecule has 2 aliphatic rings. The first-order valence-corrected chi connectivity index (χ1v) is 8.97. The van der Waals surface area contributed by atoms with Crippen LogP contribution in [0.2, 0.25) is 0 Å². The van der Waals surface area contributed by atoms with Gasteiger partial charge in [-0.15, -0.1) is 0 Å². The minimum Gasteiger partial charge on any atom is -0.341 e. The molecule has 1 fully saturated rings. The van der Waals surface area contributed by atoms with E-state index in [1.807, 2.05) is 15.6 Å². The van der Waals surface area contributed by atoms with Gasteiger partial charge in [0.25, 0.3) is 5.91 Å². The average molecular weight is 356 g/mol. The summed E-state index contributed by atoms with van der Waals surface area (Å²) < 4.78 is 15.1. The van der Waals surface area contributed by atoms with Crippen LogP contribution in [0.3, 0.4) is 0 Å². The van der Waals surface area contributed by atoms with Gasteiger partial charge in [0.1, 0.15) is 5.82 Å². The molecule has 7 heteroatoms. The second-order valence-corrected chi connectivity index (χ2v) is 6.87. The molecule has 0 aliphatic carbocycles. The fourth-order valence-electron chi connectivity index (χ4n) is 3.76. The van der Waals surface area contributed by atoms with Crippen LogP contribution in [-0.4, -0.2) is 50.5 Å². The maximum absolute atomic E-state index is 13.2. The zero-order valence-electron chi connectivity index (χ0n) is 14.5. The Bertz CT molecular complexity index is 817. The van der Waals surface area contributed by atoms with Crippen molar-refractivity contribution in [1.29, 1.82) is 0 Å². The van der Waals surface area contributed by atoms with Crippen molar-refractivity contribution in [3.05, 3.63) is 53.6 Å². The predicted molar refractivity (Wildman–Crippen MR) is 92.7 cm³/mol. The summed E-state index contributed by atoms with van der Waals surface area (Å²) in [6.07, 6.45) is 3.92. The highest BCUT2D eigenvalue weighted by Gasteiger charge is 2.32. The number of aromatic nitrogens is 2. The number of rotatable bonds is 3. The molecule has 0 N–H and O–H groups in total. The summed E-state index contributed by atoms with van der Waals surface area (Å²) in [6, 6.07) is 7.45. The first kappa shape index (κ1) is 16.8. The van der Waals surface area contributed by atoms with Crippen molar-refractivity contribution in [1.82, 2.24) is 19.6 Å². The van der Waals surface area contributed by atoms with E-state index in [9.17, 15) is 14.0 Å². The normalized spacial score (nSPS) is 20.2. The Morgan fingerprint density at radius 1 is 1.19 bits per heavy atom. The van der Waals surface area contributed by atoms with E-state index in [0.717, 1.165) is 25.1 Å². The molecular weight excluding hydrogens is 335 g/mol. The summed E-state index contributed by atoms with van der Waals surface area (Å²) in [6.45, 7) is 2.43. The van der Waals surface area contributed by atoms with Crippen molar-refractivity contribution < 1.29 is 14.0 Å². The van der Waals surface area contributed by atoms with Crippen molar-refractivity contribution in [2.24, 2.45) is 0 Å². The van der Waals surface area contributed by atoms with Gasteiger partial charge in [0.2, 0.25) is 5.91 Å². The van der Waals surface area contributed by atoms with E-state index < -0.39 is 0 Å². The number of fused-ring (bicyclic) bond motifs is 1. The lowest BCUT2D eigenvalue weighted by Gasteiger charge is -2.32. The van der Waals surface area contributed by atoms with E-state index in [4.69, 9.17) is 0 Å². The summed E-state index contributed by atoms with van der Waals surface area (Å²) >= 11 is 0. The molecule has 2 aromatic rings. The molecule has 2 aliphatic heterocycles. The third-order valence-electron chi connectivity index (χ3n) is 5.21. The Morgan fingerprint density at radius 3 is 2.73 bits per heavy atom. The van der Waals surface area contributed by atoms with Crippen LogP contribution >= 0.6 is 0 Å². The van der Waals surface area contributed by atoms with Gasteiger partial charge in [0.15, 0.2) is 0 Å². The molecule has 1 saturated heterocycles. The zero-order chi connectivity index (χ0) is 18.1. The van der Waals surface area contributed by atoms with Gasteiger partial charge >= 0.3 is 0 Å². The number of hydrogen-bond acceptors (Lipinski definition) is 3. The first-order valence-electron chi connectivity index (χ1n) is 8.97. The smallest absolute Gasteiger partial charge is 0.254 e. The monoisotopic (exact) mass is 356 g/mol. The second-order valence-electron chi connectivity index (χ2n) is 6.87. The van der Waals surface area contributed by atoms with E-state index >= 15 is 0 Å². The summed E-state index contributed by atoms with van der Waals surface area (Å²) in [5.41, 5.74) is 1.42. The SMILES string of the molecule is O=C1CCCN1CC1CCn2nccc2CN1C(=O)c1ccc(F)cc1. The third-order valence-corrected chi connectivity index (χ3v) is 5.21. The zero-order valence-corrected chi connectivity index (χ0v) is 14.5. The lowest BCUT2D eigenvalue weighted by molar-refractivity contribution is -0.128. The molecule has 136 valence electrons. The molecule has 0 saturated carbocycles. The van der Waals surface area contributed by atoms with E-state index in [1.165, 1.54) is 24.3 Å². The standard InChI is InChI=1S/C19H21FN4O2/c20-15-5-3-14(4-6-15)19(26)23-13-17-7-9-21-24(17)11-8-16(23)12-22-10-1-2-18(22)25/h3-7,9,16H,1-2,8,10-13H2. The van der Waals surface area contributed by atoms with E-state index in [2.05, 4.69) is 5.10 Å². The van der Waals surface area contributed by atoms with Crippen molar-refractivity contribution in [3.63, 3.8) is 0 Å². The summed E-state index contributed by atoms with van der Waals surface area (Å²) in [5, 5.41) is 4.32. The van der Waals surface area contributed by atoms with Crippen LogP contribution in [0.15, 0.2) is 36.5 Å². The molecule has 26 heavy (non-hydrogen) atoms. The molecule has 1 unspecified atom stereocenters. The van der Waals surface area contributed by atoms with Gasteiger partial charge in [-0.25, -0.2) is 4.39 Å². The van der Waals surface area contributed by atoms with Crippen LogP contribution in [0.5, 0.6) is 0 Å². The number of carbonyl (C=O) groups excluding carboxylic acids is 2. The summed E-state index contributed by atoms with van der Waals surface area (Å²) in [5.74, 6) is -0.354. The number of hydrogen-bond donors (Lipinski definition) is 0. The molecule has 2 amide bonds. The largest absolute Gasteiger partial charge is 0.341 e. The van der Waals surface area contributed by atoms with Crippen molar-refractivity contribution in [2.45, 2.75) is 38.4 Å². The number of aryl methyl sites for hydroxylation is 1. The average Bonchev–Trinajstić information content (AvgIpc) is 3.21. The Balaban J connectivity index is 1.61. The molecule has 4 rings (SSSR count). The lowest BCUT2D eigenvalue weighted by atomic mass is 10.1. The molecule has 1 aromatic carbocycles. The van der Waals surface area contributed by atoms with Gasteiger partial charge in [0.05, 0.1) is 18.3 Å². The quantitative estimate of drug-likeness (QED) is 0.846. The Morgan fingerprint density at radius 2 is 2.00 bits per heavy atom. The fraction of sp³-hybridized carbons (Fsp3) is 0.421. The highest BCUT2D eigenvalue weighted by Crippen LogP contribution is 2.22. The Labute approximate surface area is 151 Å². The molecule has 0 bridgehead atoms. The van der Waals surface area contributed by atoms with Gasteiger partial charge < -0.3 is 9.80 Å². The van der Waals surface area contributed by atoms with E-state index in [0.29, 0.717) is 31.6 Å². The van der Waals surface area contributed by atoms with Crippen LogP contribution < -0.4 is 0 Å². The van der Waals surface area contributed by atoms with Gasteiger partial charge in [0, 0.05) is 37.8 Å². The van der Waals surface area contributed by atoms with E-state index in [1.54, 1.807) is 11.1 Å². The molecule has 0 spiro atoms. The molecular formula is C19H21FN4O2. The summed E-state index contributed by atoms with van der Waals surface area (Å²) in [7, 11) is 0. The van der Waals surface area contributed by atoms with Gasteiger partial charge in [-0.1, -0.05) is 0 Å². The topological polar surface area (TPSA) is 58.4 Å². The van der Waals surface area contributed by atoms with Crippen LogP contribution in [0.25, 0.3) is 0 Å². The van der Waals surface area contributed by atoms with Crippen molar-refractivity contribution in [3.8, 4) is 0 Å². The molecule has 1 aromatic heterocycles. The summed E-state index contributed by atoms with van der Waals surface area (Å²) in [4.78, 5) is 28.8. The molecule has 6 nitrogen and oxygen atoms in total. The van der Waals surface area contributed by atoms with Crippen molar-refractivity contribution in [2.75, 3.05) is 13.1 Å². The minimum atomic E-state index is -0.366.